The van der Waals surface area contributed by atoms with Crippen molar-refractivity contribution in [2.24, 2.45) is 5.73 Å². The fourth-order valence-electron chi connectivity index (χ4n) is 1.83. The molecule has 0 radical (unpaired) electrons. The molecule has 1 amide bonds. The summed E-state index contributed by atoms with van der Waals surface area (Å²) in [6.45, 7) is -0.441. The zero-order chi connectivity index (χ0) is 18.4. The topological polar surface area (TPSA) is 116 Å². The molecule has 25 heavy (non-hydrogen) atoms. The molecule has 2 aromatic carbocycles. The Morgan fingerprint density at radius 3 is 2.20 bits per heavy atom. The lowest BCUT2D eigenvalue weighted by Crippen LogP contribution is -2.33. The minimum absolute atomic E-state index is 0.0657. The lowest BCUT2D eigenvalue weighted by molar-refractivity contribution is -0.116. The molecule has 0 aliphatic rings. The van der Waals surface area contributed by atoms with Gasteiger partial charge in [-0.1, -0.05) is 23.7 Å². The van der Waals surface area contributed by atoms with Crippen molar-refractivity contribution in [1.29, 1.82) is 0 Å². The molecule has 3 N–H and O–H groups in total. The standard InChI is InChI=1S/C16H15ClN2O5S/c17-13-5-1-11(2-6-13)10-24-16(21)12-3-7-14(8-4-12)25(22,23)19-9-15(18)20/h1-8,19H,9-10H2,(H2,18,20). The first kappa shape index (κ1) is 18.9. The Kier molecular flexibility index (Phi) is 6.13. The molecule has 0 unspecified atom stereocenters. The van der Waals surface area contributed by atoms with E-state index in [0.29, 0.717) is 5.02 Å². The number of ether oxygens (including phenoxy) is 1. The third-order valence-electron chi connectivity index (χ3n) is 3.12. The molecule has 0 heterocycles. The second-order valence-electron chi connectivity index (χ2n) is 5.02. The van der Waals surface area contributed by atoms with Gasteiger partial charge in [0.15, 0.2) is 0 Å². The van der Waals surface area contributed by atoms with Crippen molar-refractivity contribution in [3.05, 3.63) is 64.7 Å². The smallest absolute Gasteiger partial charge is 0.338 e. The summed E-state index contributed by atoms with van der Waals surface area (Å²) in [5.74, 6) is -1.39. The number of hydrogen-bond acceptors (Lipinski definition) is 5. The maximum absolute atomic E-state index is 12.0. The van der Waals surface area contributed by atoms with E-state index in [9.17, 15) is 18.0 Å². The number of carbonyl (C=O) groups excluding carboxylic acids is 2. The van der Waals surface area contributed by atoms with Crippen molar-refractivity contribution in [1.82, 2.24) is 4.72 Å². The van der Waals surface area contributed by atoms with Gasteiger partial charge in [0.25, 0.3) is 0 Å². The zero-order valence-electron chi connectivity index (χ0n) is 12.9. The van der Waals surface area contributed by atoms with E-state index in [0.717, 1.165) is 5.56 Å². The molecule has 9 heteroatoms. The van der Waals surface area contributed by atoms with Gasteiger partial charge >= 0.3 is 5.97 Å². The molecular formula is C16H15ClN2O5S. The molecule has 2 aromatic rings. The van der Waals surface area contributed by atoms with Gasteiger partial charge < -0.3 is 10.5 Å². The molecule has 0 atom stereocenters. The number of nitrogens with two attached hydrogens (primary N) is 1. The number of primary amides is 1. The number of carbonyl (C=O) groups is 2. The summed E-state index contributed by atoms with van der Waals surface area (Å²) in [5.41, 5.74) is 5.86. The van der Waals surface area contributed by atoms with Crippen LogP contribution in [0.5, 0.6) is 0 Å². The first-order valence-electron chi connectivity index (χ1n) is 7.07. The van der Waals surface area contributed by atoms with Crippen LogP contribution in [0.2, 0.25) is 5.02 Å². The second kappa shape index (κ2) is 8.11. The van der Waals surface area contributed by atoms with Crippen molar-refractivity contribution in [2.45, 2.75) is 11.5 Å². The normalized spacial score (nSPS) is 11.1. The SMILES string of the molecule is NC(=O)CNS(=O)(=O)c1ccc(C(=O)OCc2ccc(Cl)cc2)cc1. The van der Waals surface area contributed by atoms with E-state index in [1.807, 2.05) is 4.72 Å². The van der Waals surface area contributed by atoms with Crippen molar-refractivity contribution < 1.29 is 22.7 Å². The molecule has 0 aliphatic carbocycles. The molecule has 2 rings (SSSR count). The number of amides is 1. The number of benzene rings is 2. The van der Waals surface area contributed by atoms with Crippen LogP contribution < -0.4 is 10.5 Å². The lowest BCUT2D eigenvalue weighted by atomic mass is 10.2. The number of hydrogen-bond donors (Lipinski definition) is 2. The van der Waals surface area contributed by atoms with E-state index < -0.39 is 28.4 Å². The molecule has 0 spiro atoms. The fourth-order valence-corrected chi connectivity index (χ4v) is 2.95. The number of esters is 1. The first-order valence-corrected chi connectivity index (χ1v) is 8.93. The van der Waals surface area contributed by atoms with Gasteiger partial charge in [-0.15, -0.1) is 0 Å². The number of sulfonamides is 1. The monoisotopic (exact) mass is 382 g/mol. The van der Waals surface area contributed by atoms with Crippen molar-refractivity contribution >= 4 is 33.5 Å². The Morgan fingerprint density at radius 2 is 1.64 bits per heavy atom. The van der Waals surface area contributed by atoms with Crippen LogP contribution in [0.1, 0.15) is 15.9 Å². The van der Waals surface area contributed by atoms with Gasteiger partial charge in [-0.2, -0.15) is 0 Å². The van der Waals surface area contributed by atoms with Crippen molar-refractivity contribution in [3.8, 4) is 0 Å². The van der Waals surface area contributed by atoms with E-state index >= 15 is 0 Å². The minimum Gasteiger partial charge on any atom is -0.457 e. The van der Waals surface area contributed by atoms with E-state index in [4.69, 9.17) is 22.1 Å². The van der Waals surface area contributed by atoms with Gasteiger partial charge in [0.1, 0.15) is 6.61 Å². The van der Waals surface area contributed by atoms with Gasteiger partial charge in [-0.05, 0) is 42.0 Å². The Morgan fingerprint density at radius 1 is 1.04 bits per heavy atom. The van der Waals surface area contributed by atoms with Crippen LogP contribution in [0.25, 0.3) is 0 Å². The van der Waals surface area contributed by atoms with E-state index in [-0.39, 0.29) is 17.1 Å². The number of halogens is 1. The molecule has 0 aliphatic heterocycles. The summed E-state index contributed by atoms with van der Waals surface area (Å²) in [5, 5.41) is 0.580. The third-order valence-corrected chi connectivity index (χ3v) is 4.79. The minimum atomic E-state index is -3.87. The number of nitrogens with one attached hydrogen (secondary N) is 1. The first-order chi connectivity index (χ1) is 11.8. The Hall–Kier alpha value is -2.42. The summed E-state index contributed by atoms with van der Waals surface area (Å²) in [6, 6.07) is 12.0. The van der Waals surface area contributed by atoms with Gasteiger partial charge in [0, 0.05) is 5.02 Å². The van der Waals surface area contributed by atoms with Crippen LogP contribution in [0, 0.1) is 0 Å². The lowest BCUT2D eigenvalue weighted by Gasteiger charge is -2.07. The van der Waals surface area contributed by atoms with Crippen LogP contribution in [0.3, 0.4) is 0 Å². The maximum Gasteiger partial charge on any atom is 0.338 e. The van der Waals surface area contributed by atoms with Crippen LogP contribution in [0.15, 0.2) is 53.4 Å². The Balaban J connectivity index is 2.00. The summed E-state index contributed by atoms with van der Waals surface area (Å²) in [6.07, 6.45) is 0. The van der Waals surface area contributed by atoms with Crippen LogP contribution in [-0.2, 0) is 26.2 Å². The quantitative estimate of drug-likeness (QED) is 0.703. The maximum atomic E-state index is 12.0. The van der Waals surface area contributed by atoms with Crippen molar-refractivity contribution in [2.75, 3.05) is 6.54 Å². The largest absolute Gasteiger partial charge is 0.457 e. The van der Waals surface area contributed by atoms with Crippen LogP contribution in [-0.4, -0.2) is 26.8 Å². The van der Waals surface area contributed by atoms with E-state index in [1.165, 1.54) is 24.3 Å². The van der Waals surface area contributed by atoms with Gasteiger partial charge in [0.2, 0.25) is 15.9 Å². The molecule has 7 nitrogen and oxygen atoms in total. The highest BCUT2D eigenvalue weighted by Gasteiger charge is 2.16. The highest BCUT2D eigenvalue weighted by atomic mass is 35.5. The van der Waals surface area contributed by atoms with Crippen LogP contribution >= 0.6 is 11.6 Å². The van der Waals surface area contributed by atoms with Crippen LogP contribution in [0.4, 0.5) is 0 Å². The van der Waals surface area contributed by atoms with E-state index in [2.05, 4.69) is 0 Å². The fraction of sp³-hybridized carbons (Fsp3) is 0.125. The average Bonchev–Trinajstić information content (AvgIpc) is 2.59. The summed E-state index contributed by atoms with van der Waals surface area (Å²) >= 11 is 5.77. The van der Waals surface area contributed by atoms with Gasteiger partial charge in [0.05, 0.1) is 17.0 Å². The van der Waals surface area contributed by atoms with Gasteiger partial charge in [-0.25, -0.2) is 17.9 Å². The zero-order valence-corrected chi connectivity index (χ0v) is 14.5. The predicted octanol–water partition coefficient (Wildman–Crippen LogP) is 1.46. The molecule has 0 fully saturated rings. The summed E-state index contributed by atoms with van der Waals surface area (Å²) < 4.78 is 31.0. The highest BCUT2D eigenvalue weighted by molar-refractivity contribution is 7.89. The highest BCUT2D eigenvalue weighted by Crippen LogP contribution is 2.13. The molecule has 0 aromatic heterocycles. The molecule has 0 saturated heterocycles. The predicted molar refractivity (Wildman–Crippen MR) is 91.4 cm³/mol. The Bertz CT molecular complexity index is 864. The summed E-state index contributed by atoms with van der Waals surface area (Å²) in [4.78, 5) is 22.5. The van der Waals surface area contributed by atoms with Gasteiger partial charge in [-0.3, -0.25) is 4.79 Å². The third kappa shape index (κ3) is 5.56. The average molecular weight is 383 g/mol. The molecule has 0 saturated carbocycles. The van der Waals surface area contributed by atoms with Crippen molar-refractivity contribution in [3.63, 3.8) is 0 Å². The molecule has 0 bridgehead atoms. The van der Waals surface area contributed by atoms with E-state index in [1.54, 1.807) is 24.3 Å². The Labute approximate surface area is 149 Å². The molecular weight excluding hydrogens is 368 g/mol. The number of rotatable bonds is 7. The summed E-state index contributed by atoms with van der Waals surface area (Å²) in [7, 11) is -3.87. The second-order valence-corrected chi connectivity index (χ2v) is 7.22. The molecule has 132 valence electrons.